The van der Waals surface area contributed by atoms with E-state index in [0.717, 1.165) is 17.1 Å². The van der Waals surface area contributed by atoms with Gasteiger partial charge < -0.3 is 0 Å². The lowest BCUT2D eigenvalue weighted by Crippen LogP contribution is -2.00. The smallest absolute Gasteiger partial charge is 0.146 e. The van der Waals surface area contributed by atoms with Crippen molar-refractivity contribution in [2.24, 2.45) is 5.10 Å². The quantitative estimate of drug-likeness (QED) is 0.627. The van der Waals surface area contributed by atoms with E-state index in [1.165, 1.54) is 0 Å². The van der Waals surface area contributed by atoms with Crippen molar-refractivity contribution in [1.29, 1.82) is 0 Å². The topological polar surface area (TPSA) is 50.2 Å². The number of aromatic nitrogens is 2. The summed E-state index contributed by atoms with van der Waals surface area (Å²) in [5, 5.41) is 4.24. The Hall–Kier alpha value is -2.23. The minimum atomic E-state index is 0.732. The largest absolute Gasteiger partial charge is 0.265 e. The zero-order valence-corrected chi connectivity index (χ0v) is 8.96. The fourth-order valence-electron chi connectivity index (χ4n) is 1.23. The van der Waals surface area contributed by atoms with Crippen LogP contribution in [0.3, 0.4) is 0 Å². The van der Waals surface area contributed by atoms with Gasteiger partial charge >= 0.3 is 0 Å². The van der Waals surface area contributed by atoms with E-state index in [4.69, 9.17) is 0 Å². The fraction of sp³-hybridized carbons (Fsp3) is 0.0833. The van der Waals surface area contributed by atoms with Crippen molar-refractivity contribution in [2.75, 3.05) is 5.43 Å². The molecule has 2 heterocycles. The highest BCUT2D eigenvalue weighted by Gasteiger charge is 1.95. The third-order valence-corrected chi connectivity index (χ3v) is 2.10. The summed E-state index contributed by atoms with van der Waals surface area (Å²) in [5.74, 6) is 0.732. The number of hydrazone groups is 1. The molecule has 0 saturated carbocycles. The summed E-state index contributed by atoms with van der Waals surface area (Å²) in [7, 11) is 0. The number of hydrogen-bond acceptors (Lipinski definition) is 4. The van der Waals surface area contributed by atoms with Crippen LogP contribution in [0.1, 0.15) is 12.5 Å². The lowest BCUT2D eigenvalue weighted by atomic mass is 10.2. The van der Waals surface area contributed by atoms with Gasteiger partial charge in [-0.05, 0) is 31.2 Å². The summed E-state index contributed by atoms with van der Waals surface area (Å²) in [6.45, 7) is 1.94. The Labute approximate surface area is 94.1 Å². The molecule has 4 nitrogen and oxygen atoms in total. The van der Waals surface area contributed by atoms with Crippen LogP contribution in [0.25, 0.3) is 0 Å². The van der Waals surface area contributed by atoms with E-state index in [1.54, 1.807) is 18.6 Å². The Morgan fingerprint density at radius 3 is 2.62 bits per heavy atom. The first-order valence-corrected chi connectivity index (χ1v) is 4.98. The lowest BCUT2D eigenvalue weighted by molar-refractivity contribution is 1.22. The van der Waals surface area contributed by atoms with Crippen LogP contribution in [0.2, 0.25) is 0 Å². The van der Waals surface area contributed by atoms with Crippen molar-refractivity contribution in [2.45, 2.75) is 6.92 Å². The van der Waals surface area contributed by atoms with Crippen LogP contribution in [0.5, 0.6) is 0 Å². The first-order chi connectivity index (χ1) is 7.86. The van der Waals surface area contributed by atoms with E-state index < -0.39 is 0 Å². The van der Waals surface area contributed by atoms with Gasteiger partial charge in [0.05, 0.1) is 5.71 Å². The van der Waals surface area contributed by atoms with Crippen molar-refractivity contribution in [3.8, 4) is 0 Å². The van der Waals surface area contributed by atoms with Crippen LogP contribution in [0.15, 0.2) is 54.0 Å². The molecule has 0 bridgehead atoms. The first kappa shape index (κ1) is 10.3. The van der Waals surface area contributed by atoms with E-state index in [-0.39, 0.29) is 0 Å². The van der Waals surface area contributed by atoms with Crippen LogP contribution < -0.4 is 5.43 Å². The number of rotatable bonds is 3. The molecule has 4 heteroatoms. The highest BCUT2D eigenvalue weighted by atomic mass is 15.3. The number of anilines is 1. The molecular weight excluding hydrogens is 200 g/mol. The maximum Gasteiger partial charge on any atom is 0.146 e. The molecule has 0 aliphatic heterocycles. The van der Waals surface area contributed by atoms with Gasteiger partial charge in [0, 0.05) is 24.2 Å². The number of nitrogens with zero attached hydrogens (tertiary/aromatic N) is 3. The van der Waals surface area contributed by atoms with Gasteiger partial charge in [0.2, 0.25) is 0 Å². The maximum atomic E-state index is 4.24. The Morgan fingerprint density at radius 2 is 1.94 bits per heavy atom. The van der Waals surface area contributed by atoms with Crippen molar-refractivity contribution in [3.05, 3.63) is 54.5 Å². The molecule has 16 heavy (non-hydrogen) atoms. The second-order valence-corrected chi connectivity index (χ2v) is 3.26. The van der Waals surface area contributed by atoms with Gasteiger partial charge in [-0.1, -0.05) is 6.07 Å². The minimum Gasteiger partial charge on any atom is -0.265 e. The fourth-order valence-corrected chi connectivity index (χ4v) is 1.23. The molecule has 80 valence electrons. The molecule has 2 aromatic heterocycles. The van der Waals surface area contributed by atoms with Crippen molar-refractivity contribution >= 4 is 11.5 Å². The number of hydrogen-bond donors (Lipinski definition) is 1. The molecule has 0 spiro atoms. The molecule has 0 aromatic carbocycles. The third-order valence-electron chi connectivity index (χ3n) is 2.10. The summed E-state index contributed by atoms with van der Waals surface area (Å²) < 4.78 is 0. The Morgan fingerprint density at radius 1 is 1.12 bits per heavy atom. The molecular formula is C12H12N4. The molecule has 0 amide bonds. The highest BCUT2D eigenvalue weighted by molar-refractivity contribution is 5.98. The van der Waals surface area contributed by atoms with Gasteiger partial charge in [-0.2, -0.15) is 5.10 Å². The molecule has 0 saturated heterocycles. The molecule has 0 radical (unpaired) electrons. The summed E-state index contributed by atoms with van der Waals surface area (Å²) in [6, 6.07) is 9.47. The van der Waals surface area contributed by atoms with Gasteiger partial charge in [0.15, 0.2) is 0 Å². The van der Waals surface area contributed by atoms with E-state index in [9.17, 15) is 0 Å². The molecule has 0 atom stereocenters. The van der Waals surface area contributed by atoms with Gasteiger partial charge in [-0.3, -0.25) is 10.4 Å². The van der Waals surface area contributed by atoms with E-state index >= 15 is 0 Å². The molecule has 0 fully saturated rings. The van der Waals surface area contributed by atoms with E-state index in [0.29, 0.717) is 0 Å². The summed E-state index contributed by atoms with van der Waals surface area (Å²) in [4.78, 5) is 8.07. The van der Waals surface area contributed by atoms with Gasteiger partial charge in [0.1, 0.15) is 5.82 Å². The van der Waals surface area contributed by atoms with Crippen LogP contribution >= 0.6 is 0 Å². The Balaban J connectivity index is 2.09. The van der Waals surface area contributed by atoms with Gasteiger partial charge in [0.25, 0.3) is 0 Å². The third kappa shape index (κ3) is 2.63. The molecule has 2 aromatic rings. The van der Waals surface area contributed by atoms with Gasteiger partial charge in [-0.15, -0.1) is 0 Å². The maximum absolute atomic E-state index is 4.24. The Bertz CT molecular complexity index is 465. The zero-order valence-electron chi connectivity index (χ0n) is 8.96. The standard InChI is InChI=1S/C12H12N4/c1-10(11-5-8-13-9-6-11)15-16-12-4-2-3-7-14-12/h2-9H,1H3,(H,14,16). The van der Waals surface area contributed by atoms with Gasteiger partial charge in [-0.25, -0.2) is 4.98 Å². The van der Waals surface area contributed by atoms with Crippen LogP contribution in [-0.2, 0) is 0 Å². The minimum absolute atomic E-state index is 0.732. The van der Waals surface area contributed by atoms with Crippen LogP contribution in [0, 0.1) is 0 Å². The average molecular weight is 212 g/mol. The van der Waals surface area contributed by atoms with Crippen molar-refractivity contribution < 1.29 is 0 Å². The molecule has 2 rings (SSSR count). The first-order valence-electron chi connectivity index (χ1n) is 4.98. The normalized spacial score (nSPS) is 11.2. The van der Waals surface area contributed by atoms with Crippen molar-refractivity contribution in [1.82, 2.24) is 9.97 Å². The second kappa shape index (κ2) is 5.02. The highest BCUT2D eigenvalue weighted by Crippen LogP contribution is 2.02. The van der Waals surface area contributed by atoms with Crippen LogP contribution in [-0.4, -0.2) is 15.7 Å². The lowest BCUT2D eigenvalue weighted by Gasteiger charge is -2.01. The monoisotopic (exact) mass is 212 g/mol. The van der Waals surface area contributed by atoms with Crippen molar-refractivity contribution in [3.63, 3.8) is 0 Å². The Kier molecular flexibility index (Phi) is 3.23. The van der Waals surface area contributed by atoms with Crippen LogP contribution in [0.4, 0.5) is 5.82 Å². The summed E-state index contributed by atoms with van der Waals surface area (Å²) in [6.07, 6.45) is 5.21. The average Bonchev–Trinajstić information content (AvgIpc) is 2.38. The predicted octanol–water partition coefficient (Wildman–Crippen LogP) is 2.31. The predicted molar refractivity (Wildman–Crippen MR) is 64.3 cm³/mol. The number of pyridine rings is 2. The van der Waals surface area contributed by atoms with E-state index in [2.05, 4.69) is 20.5 Å². The molecule has 0 aliphatic carbocycles. The SMILES string of the molecule is CC(=NNc1ccccn1)c1ccncc1. The summed E-state index contributed by atoms with van der Waals surface area (Å²) >= 11 is 0. The molecule has 0 unspecified atom stereocenters. The van der Waals surface area contributed by atoms with E-state index in [1.807, 2.05) is 37.3 Å². The molecule has 0 aliphatic rings. The second-order valence-electron chi connectivity index (χ2n) is 3.26. The number of nitrogens with one attached hydrogen (secondary N) is 1. The molecule has 1 N–H and O–H groups in total. The summed E-state index contributed by atoms with van der Waals surface area (Å²) in [5.41, 5.74) is 4.84. The zero-order chi connectivity index (χ0) is 11.2.